The van der Waals surface area contributed by atoms with Crippen molar-refractivity contribution in [3.05, 3.63) is 75.8 Å². The first-order valence-electron chi connectivity index (χ1n) is 8.98. The van der Waals surface area contributed by atoms with Crippen LogP contribution in [0.4, 0.5) is 5.69 Å². The van der Waals surface area contributed by atoms with Crippen molar-refractivity contribution in [1.29, 1.82) is 0 Å². The van der Waals surface area contributed by atoms with E-state index in [-0.39, 0.29) is 17.6 Å². The zero-order valence-corrected chi connectivity index (χ0v) is 14.5. The summed E-state index contributed by atoms with van der Waals surface area (Å²) < 4.78 is 0. The quantitative estimate of drug-likeness (QED) is 0.626. The monoisotopic (exact) mass is 351 g/mol. The van der Waals surface area contributed by atoms with E-state index in [0.717, 1.165) is 18.7 Å². The van der Waals surface area contributed by atoms with Crippen LogP contribution < -0.4 is 0 Å². The van der Waals surface area contributed by atoms with Crippen molar-refractivity contribution >= 4 is 11.6 Å². The fourth-order valence-electron chi connectivity index (χ4n) is 3.70. The SMILES string of the molecule is O=C(c1cccc([N+](=O)[O-])c1)N1CCN(C2CC2)CC1c1ccccc1. The second-order valence-corrected chi connectivity index (χ2v) is 6.96. The molecule has 1 amide bonds. The molecule has 0 radical (unpaired) electrons. The molecular weight excluding hydrogens is 330 g/mol. The van der Waals surface area contributed by atoms with E-state index in [0.29, 0.717) is 18.2 Å². The average molecular weight is 351 g/mol. The first-order chi connectivity index (χ1) is 12.6. The van der Waals surface area contributed by atoms with Crippen molar-refractivity contribution in [1.82, 2.24) is 9.80 Å². The minimum Gasteiger partial charge on any atom is -0.329 e. The van der Waals surface area contributed by atoms with Crippen LogP contribution in [0, 0.1) is 10.1 Å². The number of nitrogens with zero attached hydrogens (tertiary/aromatic N) is 3. The standard InChI is InChI=1S/C20H21N3O3/c24-20(16-7-4-8-18(13-16)23(25)26)22-12-11-21(17-9-10-17)14-19(22)15-5-2-1-3-6-15/h1-8,13,17,19H,9-12,14H2. The van der Waals surface area contributed by atoms with Crippen LogP contribution in [0.3, 0.4) is 0 Å². The molecule has 1 aliphatic heterocycles. The Labute approximate surface area is 152 Å². The highest BCUT2D eigenvalue weighted by molar-refractivity contribution is 5.95. The van der Waals surface area contributed by atoms with Crippen molar-refractivity contribution < 1.29 is 9.72 Å². The van der Waals surface area contributed by atoms with Gasteiger partial charge in [0.1, 0.15) is 0 Å². The van der Waals surface area contributed by atoms with Crippen molar-refractivity contribution in [2.24, 2.45) is 0 Å². The fraction of sp³-hybridized carbons (Fsp3) is 0.350. The predicted octanol–water partition coefficient (Wildman–Crippen LogP) is 3.26. The van der Waals surface area contributed by atoms with Gasteiger partial charge in [0.15, 0.2) is 0 Å². The number of rotatable bonds is 4. The molecule has 1 unspecified atom stereocenters. The summed E-state index contributed by atoms with van der Waals surface area (Å²) in [5.74, 6) is -0.141. The maximum absolute atomic E-state index is 13.1. The second-order valence-electron chi connectivity index (χ2n) is 6.96. The van der Waals surface area contributed by atoms with Gasteiger partial charge in [-0.15, -0.1) is 0 Å². The predicted molar refractivity (Wildman–Crippen MR) is 97.9 cm³/mol. The Bertz CT molecular complexity index is 820. The summed E-state index contributed by atoms with van der Waals surface area (Å²) in [6.07, 6.45) is 2.47. The number of carbonyl (C=O) groups is 1. The number of nitro benzene ring substituents is 1. The molecule has 2 aliphatic rings. The highest BCUT2D eigenvalue weighted by Gasteiger charge is 2.38. The van der Waals surface area contributed by atoms with Gasteiger partial charge in [-0.1, -0.05) is 36.4 Å². The molecule has 0 spiro atoms. The molecule has 134 valence electrons. The number of non-ortho nitro benzene ring substituents is 1. The molecule has 1 heterocycles. The third kappa shape index (κ3) is 3.32. The van der Waals surface area contributed by atoms with Crippen LogP contribution in [-0.4, -0.2) is 46.3 Å². The lowest BCUT2D eigenvalue weighted by Crippen LogP contribution is -2.51. The Balaban J connectivity index is 1.63. The zero-order chi connectivity index (χ0) is 18.1. The summed E-state index contributed by atoms with van der Waals surface area (Å²) in [6, 6.07) is 16.7. The van der Waals surface area contributed by atoms with Gasteiger partial charge in [-0.2, -0.15) is 0 Å². The van der Waals surface area contributed by atoms with E-state index in [1.807, 2.05) is 23.1 Å². The van der Waals surface area contributed by atoms with Crippen molar-refractivity contribution in [2.75, 3.05) is 19.6 Å². The largest absolute Gasteiger partial charge is 0.329 e. The molecule has 4 rings (SSSR count). The molecule has 2 aromatic rings. The lowest BCUT2D eigenvalue weighted by atomic mass is 10.0. The topological polar surface area (TPSA) is 66.7 Å². The number of amides is 1. The summed E-state index contributed by atoms with van der Waals surface area (Å²) in [5.41, 5.74) is 1.43. The van der Waals surface area contributed by atoms with Crippen LogP contribution in [0.1, 0.15) is 34.8 Å². The van der Waals surface area contributed by atoms with Gasteiger partial charge in [-0.3, -0.25) is 19.8 Å². The van der Waals surface area contributed by atoms with E-state index < -0.39 is 4.92 Å². The molecule has 0 N–H and O–H groups in total. The van der Waals surface area contributed by atoms with E-state index in [1.54, 1.807) is 12.1 Å². The normalized spacial score (nSPS) is 20.8. The molecule has 2 aromatic carbocycles. The Hall–Kier alpha value is -2.73. The maximum Gasteiger partial charge on any atom is 0.270 e. The summed E-state index contributed by atoms with van der Waals surface area (Å²) >= 11 is 0. The van der Waals surface area contributed by atoms with E-state index in [2.05, 4.69) is 17.0 Å². The maximum atomic E-state index is 13.1. The van der Waals surface area contributed by atoms with Gasteiger partial charge < -0.3 is 4.90 Å². The molecule has 1 aliphatic carbocycles. The van der Waals surface area contributed by atoms with Crippen LogP contribution in [0.15, 0.2) is 54.6 Å². The van der Waals surface area contributed by atoms with E-state index in [9.17, 15) is 14.9 Å². The van der Waals surface area contributed by atoms with Gasteiger partial charge in [0.25, 0.3) is 11.6 Å². The van der Waals surface area contributed by atoms with Gasteiger partial charge in [-0.05, 0) is 24.5 Å². The molecular formula is C20H21N3O3. The van der Waals surface area contributed by atoms with E-state index >= 15 is 0 Å². The number of hydrogen-bond acceptors (Lipinski definition) is 4. The van der Waals surface area contributed by atoms with Crippen LogP contribution >= 0.6 is 0 Å². The highest BCUT2D eigenvalue weighted by Crippen LogP contribution is 2.34. The van der Waals surface area contributed by atoms with Crippen LogP contribution in [0.5, 0.6) is 0 Å². The summed E-state index contributed by atoms with van der Waals surface area (Å²) in [7, 11) is 0. The molecule has 1 atom stereocenters. The van der Waals surface area contributed by atoms with Crippen LogP contribution in [-0.2, 0) is 0 Å². The third-order valence-electron chi connectivity index (χ3n) is 5.22. The highest BCUT2D eigenvalue weighted by atomic mass is 16.6. The van der Waals surface area contributed by atoms with Crippen molar-refractivity contribution in [3.8, 4) is 0 Å². The molecule has 1 saturated heterocycles. The van der Waals surface area contributed by atoms with E-state index in [4.69, 9.17) is 0 Å². The molecule has 6 heteroatoms. The minimum absolute atomic E-state index is 0.0303. The lowest BCUT2D eigenvalue weighted by Gasteiger charge is -2.42. The summed E-state index contributed by atoms with van der Waals surface area (Å²) in [4.78, 5) is 28.0. The third-order valence-corrected chi connectivity index (χ3v) is 5.22. The minimum atomic E-state index is -0.462. The van der Waals surface area contributed by atoms with Gasteiger partial charge >= 0.3 is 0 Å². The smallest absolute Gasteiger partial charge is 0.270 e. The molecule has 0 bridgehead atoms. The number of benzene rings is 2. The molecule has 2 fully saturated rings. The van der Waals surface area contributed by atoms with E-state index in [1.165, 1.54) is 25.0 Å². The molecule has 0 aromatic heterocycles. The number of carbonyl (C=O) groups excluding carboxylic acids is 1. The molecule has 6 nitrogen and oxygen atoms in total. The van der Waals surface area contributed by atoms with Gasteiger partial charge in [0.2, 0.25) is 0 Å². The Kier molecular flexibility index (Phi) is 4.42. The number of hydrogen-bond donors (Lipinski definition) is 0. The Morgan fingerprint density at radius 3 is 2.50 bits per heavy atom. The van der Waals surface area contributed by atoms with Crippen molar-refractivity contribution in [2.45, 2.75) is 24.9 Å². The van der Waals surface area contributed by atoms with Crippen LogP contribution in [0.25, 0.3) is 0 Å². The first-order valence-corrected chi connectivity index (χ1v) is 8.98. The number of nitro groups is 1. The Morgan fingerprint density at radius 1 is 1.04 bits per heavy atom. The van der Waals surface area contributed by atoms with Gasteiger partial charge in [0, 0.05) is 43.4 Å². The lowest BCUT2D eigenvalue weighted by molar-refractivity contribution is -0.384. The first kappa shape index (κ1) is 16.7. The average Bonchev–Trinajstić information content (AvgIpc) is 3.53. The summed E-state index contributed by atoms with van der Waals surface area (Å²) in [5, 5.41) is 11.0. The summed E-state index contributed by atoms with van der Waals surface area (Å²) in [6.45, 7) is 2.31. The fourth-order valence-corrected chi connectivity index (χ4v) is 3.70. The van der Waals surface area contributed by atoms with Gasteiger partial charge in [0.05, 0.1) is 11.0 Å². The Morgan fingerprint density at radius 2 is 1.81 bits per heavy atom. The molecule has 26 heavy (non-hydrogen) atoms. The van der Waals surface area contributed by atoms with Gasteiger partial charge in [-0.25, -0.2) is 0 Å². The zero-order valence-electron chi connectivity index (χ0n) is 14.5. The van der Waals surface area contributed by atoms with Crippen molar-refractivity contribution in [3.63, 3.8) is 0 Å². The van der Waals surface area contributed by atoms with Crippen LogP contribution in [0.2, 0.25) is 0 Å². The molecule has 1 saturated carbocycles. The second kappa shape index (κ2) is 6.88. The number of piperazine rings is 1.